The molecule has 22 heavy (non-hydrogen) atoms. The number of hydrogen-bond acceptors (Lipinski definition) is 3. The van der Waals surface area contributed by atoms with Crippen LogP contribution in [0.1, 0.15) is 32.1 Å². The summed E-state index contributed by atoms with van der Waals surface area (Å²) in [5.41, 5.74) is 0. The summed E-state index contributed by atoms with van der Waals surface area (Å²) in [6, 6.07) is 4.90. The van der Waals surface area contributed by atoms with Crippen molar-refractivity contribution in [2.45, 2.75) is 39.7 Å². The maximum atomic E-state index is 4.65. The van der Waals surface area contributed by atoms with Gasteiger partial charge in [-0.1, -0.05) is 13.0 Å². The Kier molecular flexibility index (Phi) is 12.9. The number of aliphatic imine (C=N–C) groups is 1. The smallest absolute Gasteiger partial charge is 0.191 e. The quantitative estimate of drug-likeness (QED) is 0.354. The Balaban J connectivity index is 0.00000441. The molecule has 0 aromatic carbocycles. The fourth-order valence-electron chi connectivity index (χ4n) is 1.95. The van der Waals surface area contributed by atoms with Crippen LogP contribution >= 0.6 is 35.3 Å². The van der Waals surface area contributed by atoms with Crippen molar-refractivity contribution in [3.8, 4) is 0 Å². The highest BCUT2D eigenvalue weighted by molar-refractivity contribution is 14.0. The van der Waals surface area contributed by atoms with E-state index in [1.54, 1.807) is 0 Å². The van der Waals surface area contributed by atoms with E-state index in [1.165, 1.54) is 11.3 Å². The summed E-state index contributed by atoms with van der Waals surface area (Å²) in [6.07, 6.45) is 2.23. The Morgan fingerprint density at radius 3 is 2.73 bits per heavy atom. The van der Waals surface area contributed by atoms with E-state index in [0.717, 1.165) is 38.6 Å². The molecule has 0 radical (unpaired) electrons. The zero-order chi connectivity index (χ0) is 15.5. The van der Waals surface area contributed by atoms with Gasteiger partial charge in [0, 0.05) is 30.6 Å². The minimum atomic E-state index is 0. The van der Waals surface area contributed by atoms with Gasteiger partial charge in [0.15, 0.2) is 5.96 Å². The molecule has 0 bridgehead atoms. The van der Waals surface area contributed by atoms with Crippen LogP contribution in [0.5, 0.6) is 0 Å². The van der Waals surface area contributed by atoms with Gasteiger partial charge in [0.2, 0.25) is 0 Å². The van der Waals surface area contributed by atoms with E-state index in [-0.39, 0.29) is 24.0 Å². The fourth-order valence-corrected chi connectivity index (χ4v) is 2.66. The molecular formula is C16H31IN4S. The molecule has 1 aromatic rings. The van der Waals surface area contributed by atoms with Crippen molar-refractivity contribution in [2.24, 2.45) is 4.99 Å². The number of rotatable bonds is 9. The van der Waals surface area contributed by atoms with E-state index in [1.807, 2.05) is 11.3 Å². The molecule has 1 rings (SSSR count). The van der Waals surface area contributed by atoms with Crippen LogP contribution in [0.3, 0.4) is 0 Å². The third-order valence-corrected chi connectivity index (χ3v) is 4.59. The van der Waals surface area contributed by atoms with Crippen LogP contribution in [0.25, 0.3) is 0 Å². The Labute approximate surface area is 156 Å². The van der Waals surface area contributed by atoms with Gasteiger partial charge in [0.1, 0.15) is 0 Å². The first-order valence-corrected chi connectivity index (χ1v) is 8.80. The third kappa shape index (κ3) is 8.95. The second kappa shape index (κ2) is 13.1. The molecule has 1 unspecified atom stereocenters. The molecule has 128 valence electrons. The van der Waals surface area contributed by atoms with Gasteiger partial charge < -0.3 is 15.5 Å². The molecule has 0 aliphatic heterocycles. The Hall–Kier alpha value is -0.340. The average Bonchev–Trinajstić information content (AvgIpc) is 2.99. The van der Waals surface area contributed by atoms with Gasteiger partial charge in [0.05, 0.1) is 6.54 Å². The van der Waals surface area contributed by atoms with Gasteiger partial charge >= 0.3 is 0 Å². The molecular weight excluding hydrogens is 407 g/mol. The van der Waals surface area contributed by atoms with Gasteiger partial charge in [-0.3, -0.25) is 4.99 Å². The number of thiophene rings is 1. The molecule has 0 saturated carbocycles. The molecule has 1 aromatic heterocycles. The molecule has 0 amide bonds. The SMILES string of the molecule is CCNC(=NCCN(C)C(C)CC)NCCc1cccs1.I. The number of likely N-dealkylation sites (N-methyl/N-ethyl adjacent to an activating group) is 1. The first-order chi connectivity index (χ1) is 10.2. The van der Waals surface area contributed by atoms with Crippen LogP contribution in [-0.4, -0.2) is 50.1 Å². The summed E-state index contributed by atoms with van der Waals surface area (Å²) in [4.78, 5) is 8.42. The fraction of sp³-hybridized carbons (Fsp3) is 0.688. The first kappa shape index (κ1) is 21.7. The number of hydrogen-bond donors (Lipinski definition) is 2. The average molecular weight is 438 g/mol. The van der Waals surface area contributed by atoms with Crippen LogP contribution in [-0.2, 0) is 6.42 Å². The molecule has 6 heteroatoms. The highest BCUT2D eigenvalue weighted by Gasteiger charge is 2.05. The molecule has 2 N–H and O–H groups in total. The van der Waals surface area contributed by atoms with Gasteiger partial charge in [-0.25, -0.2) is 0 Å². The summed E-state index contributed by atoms with van der Waals surface area (Å²) in [5, 5.41) is 8.83. The van der Waals surface area contributed by atoms with Crippen molar-refractivity contribution in [2.75, 3.05) is 33.2 Å². The summed E-state index contributed by atoms with van der Waals surface area (Å²) in [6.45, 7) is 10.2. The van der Waals surface area contributed by atoms with Crippen LogP contribution in [0.15, 0.2) is 22.5 Å². The van der Waals surface area contributed by atoms with Crippen molar-refractivity contribution in [3.63, 3.8) is 0 Å². The molecule has 0 fully saturated rings. The van der Waals surface area contributed by atoms with Crippen LogP contribution in [0.2, 0.25) is 0 Å². The zero-order valence-electron chi connectivity index (χ0n) is 14.3. The van der Waals surface area contributed by atoms with E-state index in [0.29, 0.717) is 6.04 Å². The lowest BCUT2D eigenvalue weighted by Gasteiger charge is -2.22. The minimum Gasteiger partial charge on any atom is -0.357 e. The van der Waals surface area contributed by atoms with E-state index in [4.69, 9.17) is 0 Å². The summed E-state index contributed by atoms with van der Waals surface area (Å²) >= 11 is 1.81. The van der Waals surface area contributed by atoms with Crippen LogP contribution in [0, 0.1) is 0 Å². The lowest BCUT2D eigenvalue weighted by molar-refractivity contribution is 0.259. The van der Waals surface area contributed by atoms with Crippen molar-refractivity contribution >= 4 is 41.3 Å². The summed E-state index contributed by atoms with van der Waals surface area (Å²) < 4.78 is 0. The Morgan fingerprint density at radius 1 is 1.36 bits per heavy atom. The van der Waals surface area contributed by atoms with E-state index in [9.17, 15) is 0 Å². The lowest BCUT2D eigenvalue weighted by Crippen LogP contribution is -2.39. The second-order valence-corrected chi connectivity index (χ2v) is 6.29. The van der Waals surface area contributed by atoms with E-state index >= 15 is 0 Å². The molecule has 0 spiro atoms. The third-order valence-electron chi connectivity index (χ3n) is 3.65. The predicted molar refractivity (Wildman–Crippen MR) is 110 cm³/mol. The van der Waals surface area contributed by atoms with Crippen molar-refractivity contribution in [1.29, 1.82) is 0 Å². The maximum absolute atomic E-state index is 4.65. The zero-order valence-corrected chi connectivity index (χ0v) is 17.4. The number of nitrogens with zero attached hydrogens (tertiary/aromatic N) is 2. The number of guanidine groups is 1. The predicted octanol–water partition coefficient (Wildman–Crippen LogP) is 3.19. The Morgan fingerprint density at radius 2 is 2.14 bits per heavy atom. The van der Waals surface area contributed by atoms with Gasteiger partial charge in [-0.15, -0.1) is 35.3 Å². The lowest BCUT2D eigenvalue weighted by atomic mass is 10.2. The molecule has 1 heterocycles. The maximum Gasteiger partial charge on any atom is 0.191 e. The standard InChI is InChI=1S/C16H30N4S.HI/c1-5-14(3)20(4)12-11-19-16(17-6-2)18-10-9-15-8-7-13-21-15;/h7-8,13-14H,5-6,9-12H2,1-4H3,(H2,17,18,19);1H. The van der Waals surface area contributed by atoms with Gasteiger partial charge in [-0.05, 0) is 45.2 Å². The monoisotopic (exact) mass is 438 g/mol. The number of halogens is 1. The van der Waals surface area contributed by atoms with Crippen LogP contribution < -0.4 is 10.6 Å². The van der Waals surface area contributed by atoms with Gasteiger partial charge in [0.25, 0.3) is 0 Å². The molecule has 0 aliphatic carbocycles. The van der Waals surface area contributed by atoms with E-state index < -0.39 is 0 Å². The highest BCUT2D eigenvalue weighted by Crippen LogP contribution is 2.07. The minimum absolute atomic E-state index is 0. The van der Waals surface area contributed by atoms with Gasteiger partial charge in [-0.2, -0.15) is 0 Å². The Bertz CT molecular complexity index is 395. The first-order valence-electron chi connectivity index (χ1n) is 7.92. The van der Waals surface area contributed by atoms with E-state index in [2.05, 4.69) is 65.9 Å². The summed E-state index contributed by atoms with van der Waals surface area (Å²) in [7, 11) is 2.17. The largest absolute Gasteiger partial charge is 0.357 e. The van der Waals surface area contributed by atoms with Crippen LogP contribution in [0.4, 0.5) is 0 Å². The van der Waals surface area contributed by atoms with Crippen molar-refractivity contribution < 1.29 is 0 Å². The highest BCUT2D eigenvalue weighted by atomic mass is 127. The number of nitrogens with one attached hydrogen (secondary N) is 2. The molecule has 0 saturated heterocycles. The normalized spacial score (nSPS) is 12.9. The topological polar surface area (TPSA) is 39.7 Å². The molecule has 0 aliphatic rings. The second-order valence-electron chi connectivity index (χ2n) is 5.25. The van der Waals surface area contributed by atoms with Crippen molar-refractivity contribution in [3.05, 3.63) is 22.4 Å². The van der Waals surface area contributed by atoms with Crippen molar-refractivity contribution in [1.82, 2.24) is 15.5 Å². The summed E-state index contributed by atoms with van der Waals surface area (Å²) in [5.74, 6) is 0.923. The molecule has 4 nitrogen and oxygen atoms in total. The molecule has 1 atom stereocenters.